The molecule has 0 unspecified atom stereocenters. The second-order valence-corrected chi connectivity index (χ2v) is 25.8. The number of carbonyl (C=O) groups is 6. The largest absolute Gasteiger partial charge is 0.491 e. The lowest BCUT2D eigenvalue weighted by Crippen LogP contribution is -2.20. The number of rotatable bonds is 36. The van der Waals surface area contributed by atoms with E-state index in [1.165, 1.54) is 37.2 Å². The van der Waals surface area contributed by atoms with Crippen molar-refractivity contribution in [2.75, 3.05) is 71.5 Å². The smallest absolute Gasteiger partial charge is 0.318 e. The number of hydrogen-bond donors (Lipinski definition) is 12. The van der Waals surface area contributed by atoms with Crippen LogP contribution in [-0.4, -0.2) is 192 Å². The summed E-state index contributed by atoms with van der Waals surface area (Å²) >= 11 is 0. The van der Waals surface area contributed by atoms with Crippen molar-refractivity contribution < 1.29 is 87.8 Å². The molecule has 6 heterocycles. The van der Waals surface area contributed by atoms with Gasteiger partial charge in [-0.05, 0) is 62.8 Å². The minimum Gasteiger partial charge on any atom is -0.491 e. The van der Waals surface area contributed by atoms with E-state index in [9.17, 15) is 59.4 Å². The van der Waals surface area contributed by atoms with Gasteiger partial charge in [-0.3, -0.25) is 38.7 Å². The molecule has 0 aliphatic carbocycles. The number of carbonyl (C=O) groups excluding carboxylic acids is 6. The number of ether oxygens (including phenoxy) is 6. The number of aliphatic hydroxyl groups is 6. The molecule has 6 atom stereocenters. The van der Waals surface area contributed by atoms with Gasteiger partial charge >= 0.3 is 12.0 Å². The number of nitrogens with zero attached hydrogens (tertiary/aromatic N) is 10. The maximum Gasteiger partial charge on any atom is 0.318 e. The van der Waals surface area contributed by atoms with Gasteiger partial charge in [-0.2, -0.15) is 19.9 Å². The highest BCUT2D eigenvalue weighted by Gasteiger charge is 2.17. The van der Waals surface area contributed by atoms with Crippen molar-refractivity contribution in [3.63, 3.8) is 0 Å². The Bertz CT molecular complexity index is 2960. The van der Waals surface area contributed by atoms with Crippen LogP contribution in [0.2, 0.25) is 0 Å². The number of anilines is 6. The molecule has 0 radical (unpaired) electrons. The number of aliphatic hydroxyl groups excluding tert-OH is 6. The Morgan fingerprint density at radius 1 is 0.306 bits per heavy atom. The van der Waals surface area contributed by atoms with Gasteiger partial charge in [0.05, 0.1) is 61.4 Å². The van der Waals surface area contributed by atoms with Gasteiger partial charge in [0, 0.05) is 72.4 Å². The van der Waals surface area contributed by atoms with E-state index < -0.39 is 36.6 Å². The van der Waals surface area contributed by atoms with E-state index in [-0.39, 0.29) is 134 Å². The van der Waals surface area contributed by atoms with Crippen LogP contribution in [0, 0.1) is 35.5 Å². The van der Waals surface area contributed by atoms with Gasteiger partial charge in [-0.25, -0.2) is 19.9 Å². The number of hydrogen-bond acceptors (Lipinski definition) is 28. The number of amides is 6. The SMILES string of the molecule is CC[C@@H](O)COc1ccnc(NC(=O)C(C)C)c1.CC[C@@H](O)COc1cncc(NC(=O)C(C)C)n1.CC[C@@H](O)COc1nccc(NC(=O)C(C)C)n1.CC[C@H](O)COc1ccnc(NC(=O)C(C)C)c1.CC[C@H](O)COc1cncc(NC(=O)C(C)C)n1.CC[C@H](O)COc1nccc(NC(=O)C(C)C)n1. The Hall–Kier alpha value is -10.0. The first kappa shape index (κ1) is 96.0. The molecule has 600 valence electrons. The third kappa shape index (κ3) is 44.2. The molecule has 12 N–H and O–H groups in total. The van der Waals surface area contributed by atoms with E-state index >= 15 is 0 Å². The van der Waals surface area contributed by atoms with Gasteiger partial charge < -0.3 is 91.0 Å². The summed E-state index contributed by atoms with van der Waals surface area (Å²) in [5.74, 6) is 2.75. The predicted octanol–water partition coefficient (Wildman–Crippen LogP) is 8.53. The van der Waals surface area contributed by atoms with Crippen LogP contribution in [0.1, 0.15) is 163 Å². The molecular formula is C74H116N16O18. The van der Waals surface area contributed by atoms with Gasteiger partial charge in [0.15, 0.2) is 11.6 Å². The Morgan fingerprint density at radius 3 is 0.815 bits per heavy atom. The molecule has 34 heteroatoms. The van der Waals surface area contributed by atoms with Crippen LogP contribution in [0.25, 0.3) is 0 Å². The summed E-state index contributed by atoms with van der Waals surface area (Å²) < 4.78 is 31.8. The molecule has 6 amide bonds. The highest BCUT2D eigenvalue weighted by molar-refractivity contribution is 5.93. The van der Waals surface area contributed by atoms with Crippen LogP contribution in [-0.2, 0) is 28.8 Å². The van der Waals surface area contributed by atoms with Crippen molar-refractivity contribution in [3.05, 3.63) is 86.0 Å². The maximum atomic E-state index is 11.5. The first-order valence-electron chi connectivity index (χ1n) is 36.1. The van der Waals surface area contributed by atoms with Gasteiger partial charge in [0.1, 0.15) is 74.4 Å². The fourth-order valence-electron chi connectivity index (χ4n) is 6.47. The zero-order valence-corrected chi connectivity index (χ0v) is 65.6. The van der Waals surface area contributed by atoms with Crippen LogP contribution < -0.4 is 60.3 Å². The van der Waals surface area contributed by atoms with E-state index in [1.807, 2.05) is 69.2 Å². The summed E-state index contributed by atoms with van der Waals surface area (Å²) in [6, 6.07) is 10.1. The Morgan fingerprint density at radius 2 is 0.546 bits per heavy atom. The second-order valence-electron chi connectivity index (χ2n) is 25.8. The third-order valence-electron chi connectivity index (χ3n) is 14.0. The third-order valence-corrected chi connectivity index (χ3v) is 14.0. The average Bonchev–Trinajstić information content (AvgIpc) is 0.924. The van der Waals surface area contributed by atoms with Crippen molar-refractivity contribution in [3.8, 4) is 35.3 Å². The highest BCUT2D eigenvalue weighted by atomic mass is 16.5. The molecule has 6 aromatic rings. The molecular weight excluding hydrogens is 1400 g/mol. The van der Waals surface area contributed by atoms with Crippen LogP contribution in [0.15, 0.2) is 86.0 Å². The summed E-state index contributed by atoms with van der Waals surface area (Å²) in [5, 5.41) is 72.2. The molecule has 0 bridgehead atoms. The van der Waals surface area contributed by atoms with Crippen LogP contribution in [0.4, 0.5) is 34.9 Å². The minimum atomic E-state index is -0.539. The topological polar surface area (TPSA) is 480 Å². The molecule has 0 aliphatic rings. The van der Waals surface area contributed by atoms with Crippen LogP contribution in [0.3, 0.4) is 0 Å². The van der Waals surface area contributed by atoms with Crippen molar-refractivity contribution in [2.45, 2.75) is 200 Å². The van der Waals surface area contributed by atoms with Gasteiger partial charge in [0.2, 0.25) is 47.2 Å². The van der Waals surface area contributed by atoms with E-state index in [0.717, 1.165) is 0 Å². The first-order valence-corrected chi connectivity index (χ1v) is 36.1. The quantitative estimate of drug-likeness (QED) is 0.0175. The van der Waals surface area contributed by atoms with Crippen molar-refractivity contribution in [1.29, 1.82) is 0 Å². The monoisotopic (exact) mass is 1520 g/mol. The highest BCUT2D eigenvalue weighted by Crippen LogP contribution is 2.19. The minimum absolute atomic E-state index is 0.0896. The molecule has 0 aromatic carbocycles. The second kappa shape index (κ2) is 54.6. The normalized spacial score (nSPS) is 12.3. The van der Waals surface area contributed by atoms with Gasteiger partial charge in [0.25, 0.3) is 0 Å². The molecule has 6 rings (SSSR count). The van der Waals surface area contributed by atoms with Crippen molar-refractivity contribution in [2.24, 2.45) is 35.5 Å². The molecule has 0 aliphatic heterocycles. The molecule has 6 aromatic heterocycles. The van der Waals surface area contributed by atoms with Crippen LogP contribution in [0.5, 0.6) is 35.3 Å². The van der Waals surface area contributed by atoms with Crippen molar-refractivity contribution in [1.82, 2.24) is 49.8 Å². The van der Waals surface area contributed by atoms with Gasteiger partial charge in [-0.15, -0.1) is 0 Å². The first-order chi connectivity index (χ1) is 51.1. The lowest BCUT2D eigenvalue weighted by molar-refractivity contribution is -0.119. The van der Waals surface area contributed by atoms with E-state index in [2.05, 4.69) is 81.7 Å². The average molecular weight is 1520 g/mol. The maximum absolute atomic E-state index is 11.5. The summed E-state index contributed by atoms with van der Waals surface area (Å²) in [7, 11) is 0. The Balaban J connectivity index is 0.000000648. The Labute approximate surface area is 633 Å². The van der Waals surface area contributed by atoms with Gasteiger partial charge in [-0.1, -0.05) is 125 Å². The fourth-order valence-corrected chi connectivity index (χ4v) is 6.47. The molecule has 108 heavy (non-hydrogen) atoms. The number of aromatic nitrogens is 10. The fraction of sp³-hybridized carbons (Fsp3) is 0.568. The molecule has 0 saturated heterocycles. The predicted molar refractivity (Wildman–Crippen MR) is 408 cm³/mol. The summed E-state index contributed by atoms with van der Waals surface area (Å²) in [4.78, 5) is 109. The van der Waals surface area contributed by atoms with Crippen LogP contribution >= 0.6 is 0 Å². The lowest BCUT2D eigenvalue weighted by atomic mass is 10.2. The van der Waals surface area contributed by atoms with E-state index in [0.29, 0.717) is 84.9 Å². The number of nitrogens with one attached hydrogen (secondary N) is 6. The standard InChI is InChI=1S/2C13H20N2O3.4C12H19N3O3/c2*1-4-10(16)8-18-11-5-6-14-12(7-11)15-13(17)9(2)3;2*1-4-9(16)7-18-11-6-13-5-10(14-11)15-12(17)8(2)3;2*1-4-9(16)7-18-12-13-6-5-10(15-12)14-11(17)8(2)3/h2*5-7,9-10,16H,4,8H2,1-3H3,(H,14,15,17);2*5-6,8-9,16H,4,7H2,1-3H3,(H,14,15,17);2*5-6,8-9,16H,4,7H2,1-3H3,(H,13,14,15,17)/t2*10-;4*9-/m101010/s1. The number of pyridine rings is 2. The Kier molecular flexibility index (Phi) is 48.5. The summed E-state index contributed by atoms with van der Waals surface area (Å²) in [6.07, 6.45) is 12.5. The summed E-state index contributed by atoms with van der Waals surface area (Å²) in [5.41, 5.74) is 0. The summed E-state index contributed by atoms with van der Waals surface area (Å²) in [6.45, 7) is 33.9. The molecule has 0 saturated carbocycles. The molecule has 34 nitrogen and oxygen atoms in total. The van der Waals surface area contributed by atoms with Crippen molar-refractivity contribution >= 4 is 70.4 Å². The lowest BCUT2D eigenvalue weighted by Gasteiger charge is -2.11. The molecule has 0 fully saturated rings. The zero-order chi connectivity index (χ0) is 81.3. The van der Waals surface area contributed by atoms with E-state index in [4.69, 9.17) is 28.4 Å². The van der Waals surface area contributed by atoms with E-state index in [1.54, 1.807) is 104 Å². The molecule has 0 spiro atoms. The zero-order valence-electron chi connectivity index (χ0n) is 65.6.